The van der Waals surface area contributed by atoms with Gasteiger partial charge in [-0.1, -0.05) is 46.4 Å². The lowest BCUT2D eigenvalue weighted by atomic mass is 9.63. The third-order valence-electron chi connectivity index (χ3n) is 7.71. The Morgan fingerprint density at radius 2 is 1.72 bits per heavy atom. The molecule has 1 aromatic rings. The molecular weight excluding hydrogens is 412 g/mol. The molecule has 1 aliphatic heterocycles. The first-order valence-electron chi connectivity index (χ1n) is 12.5. The lowest BCUT2D eigenvalue weighted by Gasteiger charge is -2.42. The van der Waals surface area contributed by atoms with E-state index in [9.17, 15) is 0 Å². The number of aliphatic hydroxyl groups is 1. The number of nitrogens with zero attached hydrogens (tertiary/aromatic N) is 2. The van der Waals surface area contributed by atoms with Gasteiger partial charge in [-0.2, -0.15) is 0 Å². The van der Waals surface area contributed by atoms with Crippen molar-refractivity contribution in [2.45, 2.75) is 83.5 Å². The standard InChI is InChI=1S/C28H44N2OS/c1-21(23-10-11-24-25(20-23)28(4,5)15-14-27(24,2)3)29-26(32-6)22-12-17-30(18-13-22)16-8-7-9-19-31/h10-11,20,22,31H,1,7-9,12-19H2,2-6H3. The average molecular weight is 457 g/mol. The van der Waals surface area contributed by atoms with Gasteiger partial charge in [0, 0.05) is 12.5 Å². The molecule has 4 heteroatoms. The van der Waals surface area contributed by atoms with Crippen LogP contribution < -0.4 is 0 Å². The average Bonchev–Trinajstić information content (AvgIpc) is 2.78. The Morgan fingerprint density at radius 1 is 1.06 bits per heavy atom. The van der Waals surface area contributed by atoms with Crippen LogP contribution in [0.3, 0.4) is 0 Å². The number of aliphatic hydroxyl groups excluding tert-OH is 1. The number of likely N-dealkylation sites (tertiary alicyclic amines) is 1. The highest BCUT2D eigenvalue weighted by atomic mass is 32.2. The number of piperidine rings is 1. The predicted molar refractivity (Wildman–Crippen MR) is 142 cm³/mol. The first kappa shape index (κ1) is 25.5. The van der Waals surface area contributed by atoms with Gasteiger partial charge in [-0.3, -0.25) is 0 Å². The molecule has 178 valence electrons. The molecule has 3 nitrogen and oxygen atoms in total. The predicted octanol–water partition coefficient (Wildman–Crippen LogP) is 6.64. The fourth-order valence-electron chi connectivity index (χ4n) is 5.30. The Bertz CT molecular complexity index is 819. The van der Waals surface area contributed by atoms with E-state index in [0.717, 1.165) is 38.2 Å². The van der Waals surface area contributed by atoms with Gasteiger partial charge < -0.3 is 10.0 Å². The van der Waals surface area contributed by atoms with Crippen LogP contribution >= 0.6 is 11.8 Å². The highest BCUT2D eigenvalue weighted by molar-refractivity contribution is 8.13. The Kier molecular flexibility index (Phi) is 8.68. The quantitative estimate of drug-likeness (QED) is 0.270. The lowest BCUT2D eigenvalue weighted by Crippen LogP contribution is -2.36. The zero-order valence-corrected chi connectivity index (χ0v) is 21.9. The fourth-order valence-corrected chi connectivity index (χ4v) is 6.07. The number of aliphatic imine (C=N–C) groups is 1. The van der Waals surface area contributed by atoms with Crippen molar-refractivity contribution in [3.8, 4) is 0 Å². The van der Waals surface area contributed by atoms with Crippen molar-refractivity contribution in [1.29, 1.82) is 0 Å². The van der Waals surface area contributed by atoms with E-state index in [1.54, 1.807) is 11.8 Å². The van der Waals surface area contributed by atoms with E-state index >= 15 is 0 Å². The van der Waals surface area contributed by atoms with Gasteiger partial charge in [0.25, 0.3) is 0 Å². The highest BCUT2D eigenvalue weighted by Crippen LogP contribution is 2.46. The molecular formula is C28H44N2OS. The number of rotatable bonds is 8. The molecule has 3 rings (SSSR count). The maximum absolute atomic E-state index is 8.95. The molecule has 2 aliphatic rings. The van der Waals surface area contributed by atoms with Crippen LogP contribution in [0.25, 0.3) is 5.70 Å². The molecule has 0 atom stereocenters. The minimum Gasteiger partial charge on any atom is -0.396 e. The molecule has 1 aliphatic carbocycles. The normalized spacial score (nSPS) is 21.4. The van der Waals surface area contributed by atoms with Crippen molar-refractivity contribution >= 4 is 22.5 Å². The third-order valence-corrected chi connectivity index (χ3v) is 8.55. The summed E-state index contributed by atoms with van der Waals surface area (Å²) in [5.41, 5.74) is 5.49. The number of benzene rings is 1. The van der Waals surface area contributed by atoms with E-state index in [1.807, 2.05) is 0 Å². The Morgan fingerprint density at radius 3 is 2.34 bits per heavy atom. The number of hydrogen-bond donors (Lipinski definition) is 1. The zero-order chi connectivity index (χ0) is 23.4. The van der Waals surface area contributed by atoms with E-state index in [-0.39, 0.29) is 10.8 Å². The summed E-state index contributed by atoms with van der Waals surface area (Å²) < 4.78 is 0. The van der Waals surface area contributed by atoms with Crippen LogP contribution in [-0.2, 0) is 10.8 Å². The van der Waals surface area contributed by atoms with Crippen LogP contribution in [0.15, 0.2) is 29.8 Å². The maximum atomic E-state index is 8.95. The van der Waals surface area contributed by atoms with Crippen molar-refractivity contribution in [3.05, 3.63) is 41.5 Å². The molecule has 0 aromatic heterocycles. The summed E-state index contributed by atoms with van der Waals surface area (Å²) in [4.78, 5) is 7.65. The fraction of sp³-hybridized carbons (Fsp3) is 0.679. The Hall–Kier alpha value is -1.10. The van der Waals surface area contributed by atoms with E-state index in [0.29, 0.717) is 12.5 Å². The van der Waals surface area contributed by atoms with Crippen LogP contribution in [-0.4, -0.2) is 47.5 Å². The van der Waals surface area contributed by atoms with Crippen molar-refractivity contribution in [3.63, 3.8) is 0 Å². The summed E-state index contributed by atoms with van der Waals surface area (Å²) in [6.07, 6.45) is 10.2. The molecule has 0 saturated carbocycles. The number of thioether (sulfide) groups is 1. The van der Waals surface area contributed by atoms with E-state index in [1.165, 1.54) is 53.8 Å². The molecule has 1 aromatic carbocycles. The minimum atomic E-state index is 0.206. The van der Waals surface area contributed by atoms with Crippen LogP contribution in [0.4, 0.5) is 0 Å². The highest BCUT2D eigenvalue weighted by Gasteiger charge is 2.37. The summed E-state index contributed by atoms with van der Waals surface area (Å²) in [5.74, 6) is 0.545. The second-order valence-electron chi connectivity index (χ2n) is 11.0. The van der Waals surface area contributed by atoms with Gasteiger partial charge in [0.05, 0.1) is 10.7 Å². The van der Waals surface area contributed by atoms with Gasteiger partial charge in [0.2, 0.25) is 0 Å². The number of hydrogen-bond acceptors (Lipinski definition) is 4. The molecule has 32 heavy (non-hydrogen) atoms. The van der Waals surface area contributed by atoms with Crippen molar-refractivity contribution in [2.24, 2.45) is 10.9 Å². The van der Waals surface area contributed by atoms with Gasteiger partial charge in [0.15, 0.2) is 0 Å². The van der Waals surface area contributed by atoms with Gasteiger partial charge >= 0.3 is 0 Å². The topological polar surface area (TPSA) is 35.8 Å². The van der Waals surface area contributed by atoms with Crippen molar-refractivity contribution in [1.82, 2.24) is 4.90 Å². The first-order chi connectivity index (χ1) is 15.2. The van der Waals surface area contributed by atoms with Gasteiger partial charge in [0.1, 0.15) is 0 Å². The van der Waals surface area contributed by atoms with E-state index < -0.39 is 0 Å². The summed E-state index contributed by atoms with van der Waals surface area (Å²) in [7, 11) is 0. The monoisotopic (exact) mass is 456 g/mol. The molecule has 0 unspecified atom stereocenters. The zero-order valence-electron chi connectivity index (χ0n) is 21.0. The largest absolute Gasteiger partial charge is 0.396 e. The second kappa shape index (κ2) is 10.9. The number of unbranched alkanes of at least 4 members (excludes halogenated alkanes) is 2. The summed E-state index contributed by atoms with van der Waals surface area (Å²) in [5, 5.41) is 10.2. The van der Waals surface area contributed by atoms with E-state index in [4.69, 9.17) is 10.1 Å². The molecule has 0 amide bonds. The summed E-state index contributed by atoms with van der Waals surface area (Å²) in [6, 6.07) is 6.94. The first-order valence-corrected chi connectivity index (χ1v) is 13.7. The van der Waals surface area contributed by atoms with Crippen molar-refractivity contribution < 1.29 is 5.11 Å². The van der Waals surface area contributed by atoms with Crippen molar-refractivity contribution in [2.75, 3.05) is 32.5 Å². The Balaban J connectivity index is 1.68. The summed E-state index contributed by atoms with van der Waals surface area (Å²) in [6.45, 7) is 17.7. The van der Waals surface area contributed by atoms with Gasteiger partial charge in [-0.25, -0.2) is 4.99 Å². The molecule has 0 spiro atoms. The van der Waals surface area contributed by atoms with Crippen LogP contribution in [0.2, 0.25) is 0 Å². The summed E-state index contributed by atoms with van der Waals surface area (Å²) >= 11 is 1.80. The molecule has 0 radical (unpaired) electrons. The lowest BCUT2D eigenvalue weighted by molar-refractivity contribution is 0.203. The van der Waals surface area contributed by atoms with E-state index in [2.05, 4.69) is 63.6 Å². The maximum Gasteiger partial charge on any atom is 0.0767 e. The minimum absolute atomic E-state index is 0.206. The van der Waals surface area contributed by atoms with Crippen LogP contribution in [0, 0.1) is 5.92 Å². The molecule has 1 heterocycles. The van der Waals surface area contributed by atoms with Gasteiger partial charge in [-0.15, -0.1) is 11.8 Å². The van der Waals surface area contributed by atoms with Crippen LogP contribution in [0.5, 0.6) is 0 Å². The third kappa shape index (κ3) is 6.07. The number of fused-ring (bicyclic) bond motifs is 1. The molecule has 0 bridgehead atoms. The van der Waals surface area contributed by atoms with Gasteiger partial charge in [-0.05, 0) is 104 Å². The second-order valence-corrected chi connectivity index (χ2v) is 11.9. The van der Waals surface area contributed by atoms with Crippen LogP contribution in [0.1, 0.15) is 89.3 Å². The SMILES string of the molecule is C=C(N=C(SC)C1CCN(CCCCCO)CC1)c1ccc2c(c1)C(C)(C)CCC2(C)C. The Labute approximate surface area is 200 Å². The molecule has 1 N–H and O–H groups in total. The molecule has 1 saturated heterocycles. The smallest absolute Gasteiger partial charge is 0.0767 e. The molecule has 1 fully saturated rings.